The largest absolute Gasteiger partial charge is 0.497 e. The molecule has 1 aromatic carbocycles. The van der Waals surface area contributed by atoms with Crippen LogP contribution in [0.15, 0.2) is 24.3 Å². The van der Waals surface area contributed by atoms with Crippen LogP contribution in [-0.2, 0) is 30.6 Å². The van der Waals surface area contributed by atoms with Crippen molar-refractivity contribution < 1.29 is 27.5 Å². The quantitative estimate of drug-likeness (QED) is 0.627. The average molecular weight is 383 g/mol. The highest BCUT2D eigenvalue weighted by Gasteiger charge is 2.34. The van der Waals surface area contributed by atoms with E-state index in [0.717, 1.165) is 11.3 Å². The number of sulfone groups is 1. The van der Waals surface area contributed by atoms with Crippen LogP contribution in [0.4, 0.5) is 0 Å². The third-order valence-corrected chi connectivity index (χ3v) is 6.19. The van der Waals surface area contributed by atoms with Crippen molar-refractivity contribution in [1.29, 1.82) is 0 Å². The Labute approximate surface area is 154 Å². The Hall–Kier alpha value is -2.09. The Morgan fingerprint density at radius 2 is 1.92 bits per heavy atom. The Kier molecular flexibility index (Phi) is 7.02. The molecule has 0 N–H and O–H groups in total. The van der Waals surface area contributed by atoms with Gasteiger partial charge in [-0.2, -0.15) is 0 Å². The maximum absolute atomic E-state index is 12.3. The van der Waals surface area contributed by atoms with Crippen LogP contribution < -0.4 is 4.74 Å². The lowest BCUT2D eigenvalue weighted by Crippen LogP contribution is -2.43. The Bertz CT molecular complexity index is 729. The van der Waals surface area contributed by atoms with E-state index in [1.807, 2.05) is 24.3 Å². The predicted molar refractivity (Wildman–Crippen MR) is 96.7 cm³/mol. The summed E-state index contributed by atoms with van der Waals surface area (Å²) >= 11 is 0. The van der Waals surface area contributed by atoms with Crippen LogP contribution in [0, 0.1) is 0 Å². The number of methoxy groups -OCH3 is 1. The second kappa shape index (κ2) is 9.02. The normalized spacial score (nSPS) is 18.3. The van der Waals surface area contributed by atoms with Gasteiger partial charge in [-0.3, -0.25) is 9.59 Å². The standard InChI is InChI=1S/C18H25NO6S/c1-3-19(15-10-11-26(22,23)13-15)17(20)12-25-18(21)9-6-14-4-7-16(24-2)8-5-14/h4-5,7-8,15H,3,6,9-13H2,1-2H3. The number of esters is 1. The summed E-state index contributed by atoms with van der Waals surface area (Å²) in [5.74, 6) is 0.0216. The summed E-state index contributed by atoms with van der Waals surface area (Å²) in [6, 6.07) is 7.06. The summed E-state index contributed by atoms with van der Waals surface area (Å²) in [5.41, 5.74) is 0.973. The van der Waals surface area contributed by atoms with Crippen molar-refractivity contribution in [1.82, 2.24) is 4.90 Å². The minimum atomic E-state index is -3.07. The minimum Gasteiger partial charge on any atom is -0.497 e. The summed E-state index contributed by atoms with van der Waals surface area (Å²) in [5, 5.41) is 0. The Morgan fingerprint density at radius 1 is 1.23 bits per heavy atom. The number of likely N-dealkylation sites (N-methyl/N-ethyl adjacent to an activating group) is 1. The molecule has 1 aliphatic heterocycles. The molecule has 8 heteroatoms. The van der Waals surface area contributed by atoms with Gasteiger partial charge in [0, 0.05) is 19.0 Å². The molecule has 1 atom stereocenters. The lowest BCUT2D eigenvalue weighted by molar-refractivity contribution is -0.152. The molecule has 0 radical (unpaired) electrons. The predicted octanol–water partition coefficient (Wildman–Crippen LogP) is 1.21. The Balaban J connectivity index is 1.77. The number of hydrogen-bond acceptors (Lipinski definition) is 6. The topological polar surface area (TPSA) is 90.0 Å². The van der Waals surface area contributed by atoms with Crippen molar-refractivity contribution in [3.63, 3.8) is 0 Å². The second-order valence-electron chi connectivity index (χ2n) is 6.25. The fourth-order valence-electron chi connectivity index (χ4n) is 3.00. The molecular weight excluding hydrogens is 358 g/mol. The third-order valence-electron chi connectivity index (χ3n) is 4.44. The maximum Gasteiger partial charge on any atom is 0.306 e. The number of aryl methyl sites for hydroxylation is 1. The first-order valence-corrected chi connectivity index (χ1v) is 10.4. The van der Waals surface area contributed by atoms with Gasteiger partial charge in [0.25, 0.3) is 5.91 Å². The van der Waals surface area contributed by atoms with E-state index in [-0.39, 0.29) is 36.5 Å². The van der Waals surface area contributed by atoms with Gasteiger partial charge in [-0.25, -0.2) is 8.42 Å². The highest BCUT2D eigenvalue weighted by Crippen LogP contribution is 2.18. The van der Waals surface area contributed by atoms with Gasteiger partial charge < -0.3 is 14.4 Å². The molecule has 1 heterocycles. The fourth-order valence-corrected chi connectivity index (χ4v) is 4.73. The summed E-state index contributed by atoms with van der Waals surface area (Å²) in [4.78, 5) is 25.6. The van der Waals surface area contributed by atoms with Gasteiger partial charge in [0.05, 0.1) is 18.6 Å². The molecule has 0 spiro atoms. The summed E-state index contributed by atoms with van der Waals surface area (Å²) in [6.07, 6.45) is 1.12. The van der Waals surface area contributed by atoms with Crippen LogP contribution in [0.2, 0.25) is 0 Å². The molecule has 1 aliphatic rings. The highest BCUT2D eigenvalue weighted by molar-refractivity contribution is 7.91. The number of rotatable bonds is 8. The van der Waals surface area contributed by atoms with Crippen molar-refractivity contribution in [2.45, 2.75) is 32.2 Å². The van der Waals surface area contributed by atoms with E-state index in [0.29, 0.717) is 19.4 Å². The van der Waals surface area contributed by atoms with Crippen LogP contribution in [-0.4, -0.2) is 63.0 Å². The number of carbonyl (C=O) groups is 2. The molecular formula is C18H25NO6S. The highest BCUT2D eigenvalue weighted by atomic mass is 32.2. The van der Waals surface area contributed by atoms with Crippen molar-refractivity contribution in [2.75, 3.05) is 31.8 Å². The van der Waals surface area contributed by atoms with Crippen molar-refractivity contribution in [3.05, 3.63) is 29.8 Å². The molecule has 0 bridgehead atoms. The average Bonchev–Trinajstić information content (AvgIpc) is 2.98. The summed E-state index contributed by atoms with van der Waals surface area (Å²) < 4.78 is 33.3. The molecule has 0 saturated carbocycles. The van der Waals surface area contributed by atoms with Crippen molar-refractivity contribution in [2.24, 2.45) is 0 Å². The number of benzene rings is 1. The van der Waals surface area contributed by atoms with Gasteiger partial charge in [-0.15, -0.1) is 0 Å². The van der Waals surface area contributed by atoms with Gasteiger partial charge in [-0.1, -0.05) is 12.1 Å². The molecule has 0 aromatic heterocycles. The van der Waals surface area contributed by atoms with Crippen molar-refractivity contribution in [3.8, 4) is 5.75 Å². The molecule has 1 amide bonds. The zero-order valence-electron chi connectivity index (χ0n) is 15.1. The fraction of sp³-hybridized carbons (Fsp3) is 0.556. The molecule has 1 aromatic rings. The van der Waals surface area contributed by atoms with Gasteiger partial charge >= 0.3 is 5.97 Å². The van der Waals surface area contributed by atoms with E-state index in [1.54, 1.807) is 14.0 Å². The number of hydrogen-bond donors (Lipinski definition) is 0. The zero-order chi connectivity index (χ0) is 19.2. The monoisotopic (exact) mass is 383 g/mol. The molecule has 7 nitrogen and oxygen atoms in total. The summed E-state index contributed by atoms with van der Waals surface area (Å²) in [6.45, 7) is 1.82. The molecule has 144 valence electrons. The smallest absolute Gasteiger partial charge is 0.306 e. The number of ether oxygens (including phenoxy) is 2. The van der Waals surface area contributed by atoms with Crippen LogP contribution in [0.25, 0.3) is 0 Å². The number of carbonyl (C=O) groups excluding carboxylic acids is 2. The van der Waals surface area contributed by atoms with Crippen LogP contribution in [0.3, 0.4) is 0 Å². The first kappa shape index (κ1) is 20.2. The van der Waals surface area contributed by atoms with Crippen LogP contribution in [0.5, 0.6) is 5.75 Å². The molecule has 1 unspecified atom stereocenters. The third kappa shape index (κ3) is 5.72. The molecule has 0 aliphatic carbocycles. The zero-order valence-corrected chi connectivity index (χ0v) is 16.0. The van der Waals surface area contributed by atoms with Crippen LogP contribution >= 0.6 is 0 Å². The molecule has 26 heavy (non-hydrogen) atoms. The minimum absolute atomic E-state index is 0.0159. The van der Waals surface area contributed by atoms with Gasteiger partial charge in [0.1, 0.15) is 5.75 Å². The lowest BCUT2D eigenvalue weighted by atomic mass is 10.1. The number of amides is 1. The van der Waals surface area contributed by atoms with E-state index in [9.17, 15) is 18.0 Å². The van der Waals surface area contributed by atoms with E-state index < -0.39 is 15.8 Å². The van der Waals surface area contributed by atoms with Gasteiger partial charge in [-0.05, 0) is 37.5 Å². The lowest BCUT2D eigenvalue weighted by Gasteiger charge is -2.26. The van der Waals surface area contributed by atoms with E-state index in [4.69, 9.17) is 9.47 Å². The van der Waals surface area contributed by atoms with Crippen molar-refractivity contribution >= 4 is 21.7 Å². The molecule has 1 fully saturated rings. The molecule has 1 saturated heterocycles. The first-order valence-electron chi connectivity index (χ1n) is 8.63. The van der Waals surface area contributed by atoms with E-state index in [1.165, 1.54) is 4.90 Å². The first-order chi connectivity index (χ1) is 12.3. The second-order valence-corrected chi connectivity index (χ2v) is 8.47. The maximum atomic E-state index is 12.3. The van der Waals surface area contributed by atoms with Crippen LogP contribution in [0.1, 0.15) is 25.3 Å². The Morgan fingerprint density at radius 3 is 2.46 bits per heavy atom. The molecule has 2 rings (SSSR count). The SMILES string of the molecule is CCN(C(=O)COC(=O)CCc1ccc(OC)cc1)C1CCS(=O)(=O)C1. The van der Waals surface area contributed by atoms with Gasteiger partial charge in [0.2, 0.25) is 0 Å². The number of nitrogens with zero attached hydrogens (tertiary/aromatic N) is 1. The van der Waals surface area contributed by atoms with E-state index in [2.05, 4.69) is 0 Å². The van der Waals surface area contributed by atoms with E-state index >= 15 is 0 Å². The van der Waals surface area contributed by atoms with Gasteiger partial charge in [0.15, 0.2) is 16.4 Å². The summed E-state index contributed by atoms with van der Waals surface area (Å²) in [7, 11) is -1.48.